The van der Waals surface area contributed by atoms with Gasteiger partial charge < -0.3 is 14.7 Å². The van der Waals surface area contributed by atoms with Gasteiger partial charge in [-0.2, -0.15) is 0 Å². The minimum Gasteiger partial charge on any atom is -0.497 e. The second-order valence-corrected chi connectivity index (χ2v) is 8.58. The van der Waals surface area contributed by atoms with Crippen LogP contribution in [0.3, 0.4) is 0 Å². The van der Waals surface area contributed by atoms with Crippen molar-refractivity contribution in [3.8, 4) is 27.8 Å². The first-order chi connectivity index (χ1) is 14.6. The molecule has 3 aromatic carbocycles. The summed E-state index contributed by atoms with van der Waals surface area (Å²) in [5, 5.41) is 13.3. The first-order valence-electron chi connectivity index (χ1n) is 9.94. The van der Waals surface area contributed by atoms with E-state index in [1.807, 2.05) is 36.4 Å². The van der Waals surface area contributed by atoms with E-state index >= 15 is 0 Å². The lowest BCUT2D eigenvalue weighted by molar-refractivity contribution is 0.414. The molecule has 30 heavy (non-hydrogen) atoms. The number of methoxy groups -OCH3 is 1. The predicted molar refractivity (Wildman–Crippen MR) is 129 cm³/mol. The third-order valence-electron chi connectivity index (χ3n) is 5.35. The number of thiazole rings is 1. The van der Waals surface area contributed by atoms with Crippen LogP contribution < -0.4 is 9.64 Å². The molecule has 0 unspecified atom stereocenters. The molecule has 0 saturated carbocycles. The molecular weight excluding hydrogens is 412 g/mol. The Labute approximate surface area is 185 Å². The van der Waals surface area contributed by atoms with E-state index in [1.165, 1.54) is 17.0 Å². The van der Waals surface area contributed by atoms with Gasteiger partial charge in [0.1, 0.15) is 5.75 Å². The van der Waals surface area contributed by atoms with Crippen molar-refractivity contribution in [2.75, 3.05) is 25.1 Å². The van der Waals surface area contributed by atoms with E-state index in [0.29, 0.717) is 3.95 Å². The molecule has 0 aliphatic carbocycles. The van der Waals surface area contributed by atoms with Crippen LogP contribution in [0, 0.1) is 3.95 Å². The van der Waals surface area contributed by atoms with Crippen molar-refractivity contribution in [2.45, 2.75) is 13.8 Å². The molecular formula is C24H24N2O2S2. The Morgan fingerprint density at radius 3 is 2.43 bits per heavy atom. The summed E-state index contributed by atoms with van der Waals surface area (Å²) in [7, 11) is 1.63. The number of hydrogen-bond acceptors (Lipinski definition) is 5. The van der Waals surface area contributed by atoms with Crippen molar-refractivity contribution >= 4 is 40.0 Å². The van der Waals surface area contributed by atoms with Crippen LogP contribution in [-0.4, -0.2) is 29.9 Å². The largest absolute Gasteiger partial charge is 0.497 e. The highest BCUT2D eigenvalue weighted by Gasteiger charge is 2.17. The molecule has 6 heteroatoms. The molecule has 0 spiro atoms. The molecule has 0 bridgehead atoms. The topological polar surface area (TPSA) is 37.6 Å². The number of nitrogens with zero attached hydrogens (tertiary/aromatic N) is 2. The minimum atomic E-state index is 0.162. The Morgan fingerprint density at radius 2 is 1.77 bits per heavy atom. The summed E-state index contributed by atoms with van der Waals surface area (Å²) < 4.78 is 7.54. The number of aromatic hydroxyl groups is 1. The fraction of sp³-hybridized carbons (Fsp3) is 0.208. The van der Waals surface area contributed by atoms with Crippen LogP contribution in [0.5, 0.6) is 11.6 Å². The maximum absolute atomic E-state index is 11.1. The first kappa shape index (κ1) is 20.4. The average Bonchev–Trinajstić information content (AvgIpc) is 3.07. The van der Waals surface area contributed by atoms with Gasteiger partial charge in [0.25, 0.3) is 0 Å². The number of fused-ring (bicyclic) bond motifs is 1. The molecule has 0 fully saturated rings. The third kappa shape index (κ3) is 3.57. The summed E-state index contributed by atoms with van der Waals surface area (Å²) in [5.74, 6) is 0.925. The number of aromatic nitrogens is 1. The van der Waals surface area contributed by atoms with Gasteiger partial charge in [0.15, 0.2) is 3.95 Å². The van der Waals surface area contributed by atoms with E-state index in [4.69, 9.17) is 17.0 Å². The SMILES string of the molecule is CCN(CC)c1ccc2c(-c3sc(=S)n(-c4ccc(OC)cc4)c3O)cccc2c1. The van der Waals surface area contributed by atoms with Gasteiger partial charge in [-0.05, 0) is 73.2 Å². The quantitative estimate of drug-likeness (QED) is 0.343. The summed E-state index contributed by atoms with van der Waals surface area (Å²) in [6.07, 6.45) is 0. The fourth-order valence-electron chi connectivity index (χ4n) is 3.76. The number of benzene rings is 3. The molecule has 4 aromatic rings. The molecule has 4 nitrogen and oxygen atoms in total. The van der Waals surface area contributed by atoms with Crippen LogP contribution in [0.4, 0.5) is 5.69 Å². The van der Waals surface area contributed by atoms with Gasteiger partial charge in [-0.3, -0.25) is 4.57 Å². The zero-order valence-electron chi connectivity index (χ0n) is 17.3. The highest BCUT2D eigenvalue weighted by molar-refractivity contribution is 7.73. The zero-order valence-corrected chi connectivity index (χ0v) is 18.9. The van der Waals surface area contributed by atoms with Gasteiger partial charge in [-0.15, -0.1) is 11.3 Å². The number of ether oxygens (including phenoxy) is 1. The lowest BCUT2D eigenvalue weighted by Gasteiger charge is -2.21. The van der Waals surface area contributed by atoms with Gasteiger partial charge in [0.2, 0.25) is 5.88 Å². The average molecular weight is 437 g/mol. The molecule has 0 saturated heterocycles. The summed E-state index contributed by atoms with van der Waals surface area (Å²) in [4.78, 5) is 3.10. The molecule has 154 valence electrons. The lowest BCUT2D eigenvalue weighted by Crippen LogP contribution is -2.21. The van der Waals surface area contributed by atoms with Crippen LogP contribution >= 0.6 is 23.6 Å². The van der Waals surface area contributed by atoms with E-state index in [9.17, 15) is 5.11 Å². The number of rotatable bonds is 6. The Balaban J connectivity index is 1.83. The second-order valence-electron chi connectivity index (χ2n) is 6.94. The van der Waals surface area contributed by atoms with Crippen LogP contribution in [0.2, 0.25) is 0 Å². The maximum atomic E-state index is 11.1. The van der Waals surface area contributed by atoms with Crippen LogP contribution in [0.1, 0.15) is 13.8 Å². The van der Waals surface area contributed by atoms with Crippen molar-refractivity contribution in [3.63, 3.8) is 0 Å². The van der Waals surface area contributed by atoms with Crippen molar-refractivity contribution in [1.29, 1.82) is 0 Å². The van der Waals surface area contributed by atoms with Crippen molar-refractivity contribution < 1.29 is 9.84 Å². The predicted octanol–water partition coefficient (Wildman–Crippen LogP) is 6.65. The highest BCUT2D eigenvalue weighted by atomic mass is 32.1. The number of anilines is 1. The van der Waals surface area contributed by atoms with Crippen LogP contribution in [0.25, 0.3) is 26.9 Å². The summed E-state index contributed by atoms with van der Waals surface area (Å²) in [6, 6.07) is 20.2. The molecule has 1 heterocycles. The molecule has 0 aliphatic rings. The van der Waals surface area contributed by atoms with E-state index in [0.717, 1.165) is 45.7 Å². The van der Waals surface area contributed by atoms with E-state index in [2.05, 4.69) is 43.0 Å². The standard InChI is InChI=1S/C24H24N2O2S2/c1-4-25(5-2)18-11-14-20-16(15-18)7-6-8-21(20)22-23(27)26(24(29)30-22)17-9-12-19(28-3)13-10-17/h6-15,27H,4-5H2,1-3H3. The first-order valence-corrected chi connectivity index (χ1v) is 11.2. The maximum Gasteiger partial charge on any atom is 0.216 e. The zero-order chi connectivity index (χ0) is 21.3. The summed E-state index contributed by atoms with van der Waals surface area (Å²) >= 11 is 7.02. The van der Waals surface area contributed by atoms with Crippen LogP contribution in [0.15, 0.2) is 60.7 Å². The van der Waals surface area contributed by atoms with Crippen LogP contribution in [-0.2, 0) is 0 Å². The molecule has 0 amide bonds. The molecule has 1 N–H and O–H groups in total. The Kier molecular flexibility index (Phi) is 5.79. The molecule has 0 aliphatic heterocycles. The highest BCUT2D eigenvalue weighted by Crippen LogP contribution is 2.41. The van der Waals surface area contributed by atoms with Crippen molar-refractivity contribution in [1.82, 2.24) is 4.57 Å². The van der Waals surface area contributed by atoms with Gasteiger partial charge in [0, 0.05) is 24.3 Å². The Morgan fingerprint density at radius 1 is 1.03 bits per heavy atom. The van der Waals surface area contributed by atoms with Gasteiger partial charge in [0.05, 0.1) is 17.7 Å². The van der Waals surface area contributed by atoms with Gasteiger partial charge >= 0.3 is 0 Å². The third-order valence-corrected chi connectivity index (χ3v) is 6.75. The second kappa shape index (κ2) is 8.50. The van der Waals surface area contributed by atoms with Gasteiger partial charge in [-0.1, -0.05) is 24.3 Å². The van der Waals surface area contributed by atoms with E-state index in [-0.39, 0.29) is 5.88 Å². The normalized spacial score (nSPS) is 11.0. The Bertz CT molecular complexity index is 1240. The van der Waals surface area contributed by atoms with E-state index < -0.39 is 0 Å². The summed E-state index contributed by atoms with van der Waals surface area (Å²) in [5.41, 5.74) is 3.00. The Hall–Kier alpha value is -2.83. The molecule has 1 aromatic heterocycles. The van der Waals surface area contributed by atoms with Crippen molar-refractivity contribution in [2.24, 2.45) is 0 Å². The minimum absolute atomic E-state index is 0.162. The van der Waals surface area contributed by atoms with Crippen molar-refractivity contribution in [3.05, 3.63) is 64.6 Å². The number of hydrogen-bond donors (Lipinski definition) is 1. The summed E-state index contributed by atoms with van der Waals surface area (Å²) in [6.45, 7) is 6.26. The molecule has 0 atom stereocenters. The van der Waals surface area contributed by atoms with Gasteiger partial charge in [-0.25, -0.2) is 0 Å². The smallest absolute Gasteiger partial charge is 0.216 e. The molecule has 0 radical (unpaired) electrons. The monoisotopic (exact) mass is 436 g/mol. The van der Waals surface area contributed by atoms with E-state index in [1.54, 1.807) is 11.7 Å². The molecule has 4 rings (SSSR count). The fourth-order valence-corrected chi connectivity index (χ4v) is 5.13. The lowest BCUT2D eigenvalue weighted by atomic mass is 10.0.